The van der Waals surface area contributed by atoms with Crippen LogP contribution in [0.25, 0.3) is 0 Å². The third-order valence-corrected chi connectivity index (χ3v) is 3.71. The van der Waals surface area contributed by atoms with Gasteiger partial charge in [0.1, 0.15) is 12.1 Å². The van der Waals surface area contributed by atoms with Crippen LogP contribution in [0.4, 0.5) is 5.82 Å². The summed E-state index contributed by atoms with van der Waals surface area (Å²) >= 11 is 1.77. The zero-order valence-corrected chi connectivity index (χ0v) is 12.2. The van der Waals surface area contributed by atoms with Crippen molar-refractivity contribution in [2.45, 2.75) is 33.2 Å². The number of rotatable bonds is 7. The highest BCUT2D eigenvalue weighted by atomic mass is 32.1. The van der Waals surface area contributed by atoms with Crippen LogP contribution in [0.15, 0.2) is 23.8 Å². The van der Waals surface area contributed by atoms with Gasteiger partial charge in [0.15, 0.2) is 0 Å². The van der Waals surface area contributed by atoms with Crippen molar-refractivity contribution in [1.29, 1.82) is 0 Å². The van der Waals surface area contributed by atoms with Crippen LogP contribution < -0.4 is 10.1 Å². The molecule has 0 aliphatic rings. The summed E-state index contributed by atoms with van der Waals surface area (Å²) in [5.74, 6) is 1.43. The van der Waals surface area contributed by atoms with Gasteiger partial charge in [0, 0.05) is 10.9 Å². The van der Waals surface area contributed by atoms with Crippen LogP contribution in [0.5, 0.6) is 5.88 Å². The van der Waals surface area contributed by atoms with Crippen LogP contribution in [-0.4, -0.2) is 16.6 Å². The summed E-state index contributed by atoms with van der Waals surface area (Å²) in [6.07, 6.45) is 3.57. The number of anilines is 1. The minimum absolute atomic E-state index is 0.626. The second-order valence-electron chi connectivity index (χ2n) is 4.17. The molecule has 102 valence electrons. The average molecular weight is 277 g/mol. The Hall–Kier alpha value is -1.62. The number of thiophene rings is 1. The van der Waals surface area contributed by atoms with Crippen molar-refractivity contribution in [1.82, 2.24) is 9.97 Å². The summed E-state index contributed by atoms with van der Waals surface area (Å²) in [6, 6.07) is 4.02. The summed E-state index contributed by atoms with van der Waals surface area (Å²) in [5.41, 5.74) is 1.40. The molecule has 0 radical (unpaired) electrons. The van der Waals surface area contributed by atoms with Crippen molar-refractivity contribution in [3.8, 4) is 5.88 Å². The SMILES string of the molecule is CCCOc1cc(NCc2sccc2CC)ncn1. The Morgan fingerprint density at radius 3 is 3.00 bits per heavy atom. The highest BCUT2D eigenvalue weighted by Gasteiger charge is 2.04. The van der Waals surface area contributed by atoms with Crippen LogP contribution >= 0.6 is 11.3 Å². The number of ether oxygens (including phenoxy) is 1. The quantitative estimate of drug-likeness (QED) is 0.841. The molecule has 2 heterocycles. The van der Waals surface area contributed by atoms with Gasteiger partial charge < -0.3 is 10.1 Å². The maximum atomic E-state index is 5.49. The molecule has 2 aromatic heterocycles. The first-order valence-corrected chi connectivity index (χ1v) is 7.45. The minimum atomic E-state index is 0.626. The molecule has 5 heteroatoms. The van der Waals surface area contributed by atoms with Gasteiger partial charge in [0.2, 0.25) is 5.88 Å². The fourth-order valence-electron chi connectivity index (χ4n) is 1.73. The molecular weight excluding hydrogens is 258 g/mol. The van der Waals surface area contributed by atoms with Crippen molar-refractivity contribution in [3.05, 3.63) is 34.3 Å². The molecule has 2 aromatic rings. The lowest BCUT2D eigenvalue weighted by molar-refractivity contribution is 0.305. The third-order valence-electron chi connectivity index (χ3n) is 2.74. The van der Waals surface area contributed by atoms with E-state index < -0.39 is 0 Å². The number of hydrogen-bond donors (Lipinski definition) is 1. The standard InChI is InChI=1S/C14H19N3OS/c1-3-6-18-14-8-13(16-10-17-14)15-9-12-11(4-2)5-7-19-12/h5,7-8,10H,3-4,6,9H2,1-2H3,(H,15,16,17). The zero-order chi connectivity index (χ0) is 13.5. The summed E-state index contributed by atoms with van der Waals surface area (Å²) in [5, 5.41) is 5.45. The van der Waals surface area contributed by atoms with Crippen LogP contribution in [0, 0.1) is 0 Å². The summed E-state index contributed by atoms with van der Waals surface area (Å²) in [6.45, 7) is 5.72. The van der Waals surface area contributed by atoms with Crippen molar-refractivity contribution in [2.75, 3.05) is 11.9 Å². The molecular formula is C14H19N3OS. The summed E-state index contributed by atoms with van der Waals surface area (Å²) in [4.78, 5) is 9.65. The molecule has 0 unspecified atom stereocenters. The molecule has 0 saturated carbocycles. The fourth-order valence-corrected chi connectivity index (χ4v) is 2.65. The second-order valence-corrected chi connectivity index (χ2v) is 5.17. The molecule has 0 aromatic carbocycles. The Kier molecular flexibility index (Phi) is 5.15. The van der Waals surface area contributed by atoms with E-state index in [1.54, 1.807) is 11.3 Å². The lowest BCUT2D eigenvalue weighted by atomic mass is 10.2. The second kappa shape index (κ2) is 7.09. The molecule has 19 heavy (non-hydrogen) atoms. The van der Waals surface area contributed by atoms with Crippen LogP contribution in [0.1, 0.15) is 30.7 Å². The maximum Gasteiger partial charge on any atom is 0.218 e. The van der Waals surface area contributed by atoms with Crippen molar-refractivity contribution >= 4 is 17.2 Å². The normalized spacial score (nSPS) is 10.4. The molecule has 0 amide bonds. The number of nitrogens with zero attached hydrogens (tertiary/aromatic N) is 2. The Labute approximate surface area is 117 Å². The van der Waals surface area contributed by atoms with E-state index in [1.165, 1.54) is 16.8 Å². The van der Waals surface area contributed by atoms with E-state index in [0.29, 0.717) is 12.5 Å². The molecule has 0 atom stereocenters. The predicted octanol–water partition coefficient (Wildman–Crippen LogP) is 3.50. The minimum Gasteiger partial charge on any atom is -0.478 e. The molecule has 0 bridgehead atoms. The number of aryl methyl sites for hydroxylation is 1. The van der Waals surface area contributed by atoms with E-state index in [-0.39, 0.29) is 0 Å². The van der Waals surface area contributed by atoms with E-state index in [9.17, 15) is 0 Å². The molecule has 0 spiro atoms. The summed E-state index contributed by atoms with van der Waals surface area (Å²) < 4.78 is 5.49. The van der Waals surface area contributed by atoms with Crippen LogP contribution in [-0.2, 0) is 13.0 Å². The maximum absolute atomic E-state index is 5.49. The molecule has 0 aliphatic carbocycles. The van der Waals surface area contributed by atoms with E-state index in [4.69, 9.17) is 4.74 Å². The monoisotopic (exact) mass is 277 g/mol. The third kappa shape index (κ3) is 3.92. The van der Waals surface area contributed by atoms with Gasteiger partial charge in [-0.3, -0.25) is 0 Å². The molecule has 0 aliphatic heterocycles. The molecule has 0 fully saturated rings. The Morgan fingerprint density at radius 1 is 1.32 bits per heavy atom. The molecule has 4 nitrogen and oxygen atoms in total. The van der Waals surface area contributed by atoms with Gasteiger partial charge in [-0.05, 0) is 29.9 Å². The van der Waals surface area contributed by atoms with Gasteiger partial charge >= 0.3 is 0 Å². The Bertz CT molecular complexity index is 513. The van der Waals surface area contributed by atoms with Gasteiger partial charge in [-0.2, -0.15) is 0 Å². The van der Waals surface area contributed by atoms with E-state index in [0.717, 1.165) is 25.2 Å². The van der Waals surface area contributed by atoms with Gasteiger partial charge in [0.05, 0.1) is 13.2 Å². The first kappa shape index (κ1) is 13.8. The average Bonchev–Trinajstić information content (AvgIpc) is 2.91. The van der Waals surface area contributed by atoms with E-state index >= 15 is 0 Å². The number of nitrogens with one attached hydrogen (secondary N) is 1. The van der Waals surface area contributed by atoms with E-state index in [1.807, 2.05) is 6.07 Å². The lowest BCUT2D eigenvalue weighted by Crippen LogP contribution is -2.03. The van der Waals surface area contributed by atoms with Gasteiger partial charge in [-0.1, -0.05) is 13.8 Å². The van der Waals surface area contributed by atoms with Crippen LogP contribution in [0.3, 0.4) is 0 Å². The first-order chi connectivity index (χ1) is 9.33. The molecule has 1 N–H and O–H groups in total. The largest absolute Gasteiger partial charge is 0.478 e. The first-order valence-electron chi connectivity index (χ1n) is 6.57. The van der Waals surface area contributed by atoms with Gasteiger partial charge in [0.25, 0.3) is 0 Å². The number of aromatic nitrogens is 2. The van der Waals surface area contributed by atoms with Gasteiger partial charge in [-0.25, -0.2) is 9.97 Å². The Morgan fingerprint density at radius 2 is 2.21 bits per heavy atom. The molecule has 2 rings (SSSR count). The van der Waals surface area contributed by atoms with Crippen molar-refractivity contribution in [2.24, 2.45) is 0 Å². The van der Waals surface area contributed by atoms with Crippen molar-refractivity contribution < 1.29 is 4.74 Å². The van der Waals surface area contributed by atoms with E-state index in [2.05, 4.69) is 40.6 Å². The van der Waals surface area contributed by atoms with Gasteiger partial charge in [-0.15, -0.1) is 11.3 Å². The fraction of sp³-hybridized carbons (Fsp3) is 0.429. The highest BCUT2D eigenvalue weighted by Crippen LogP contribution is 2.19. The Balaban J connectivity index is 1.95. The molecule has 0 saturated heterocycles. The smallest absolute Gasteiger partial charge is 0.218 e. The van der Waals surface area contributed by atoms with Crippen molar-refractivity contribution in [3.63, 3.8) is 0 Å². The topological polar surface area (TPSA) is 47.0 Å². The highest BCUT2D eigenvalue weighted by molar-refractivity contribution is 7.10. The zero-order valence-electron chi connectivity index (χ0n) is 11.3. The number of hydrogen-bond acceptors (Lipinski definition) is 5. The lowest BCUT2D eigenvalue weighted by Gasteiger charge is -2.07. The predicted molar refractivity (Wildman–Crippen MR) is 78.8 cm³/mol. The summed E-state index contributed by atoms with van der Waals surface area (Å²) in [7, 11) is 0. The van der Waals surface area contributed by atoms with Crippen LogP contribution in [0.2, 0.25) is 0 Å².